The first-order chi connectivity index (χ1) is 14.7. The van der Waals surface area contributed by atoms with Crippen LogP contribution in [-0.4, -0.2) is 17.0 Å². The molecule has 5 aliphatic carbocycles. The second kappa shape index (κ2) is 6.73. The number of rotatable bonds is 1. The van der Waals surface area contributed by atoms with Gasteiger partial charge >= 0.3 is 0 Å². The van der Waals surface area contributed by atoms with Gasteiger partial charge in [0.2, 0.25) is 0 Å². The van der Waals surface area contributed by atoms with Gasteiger partial charge in [0.1, 0.15) is 5.78 Å². The molecule has 0 aliphatic heterocycles. The second-order valence-electron chi connectivity index (χ2n) is 14.6. The minimum absolute atomic E-state index is 0.0439. The second-order valence-corrected chi connectivity index (χ2v) is 14.6. The Morgan fingerprint density at radius 2 is 1.62 bits per heavy atom. The van der Waals surface area contributed by atoms with Crippen molar-refractivity contribution in [2.75, 3.05) is 0 Å². The van der Waals surface area contributed by atoms with Crippen molar-refractivity contribution in [3.8, 4) is 0 Å². The lowest BCUT2D eigenvalue weighted by molar-refractivity contribution is -0.266. The van der Waals surface area contributed by atoms with Crippen molar-refractivity contribution in [2.24, 2.45) is 56.7 Å². The van der Waals surface area contributed by atoms with E-state index in [4.69, 9.17) is 0 Å². The Kier molecular flexibility index (Phi) is 4.87. The maximum Gasteiger partial charge on any atom is 0.138 e. The smallest absolute Gasteiger partial charge is 0.138 e. The summed E-state index contributed by atoms with van der Waals surface area (Å²) in [6.45, 7) is 21.2. The Labute approximate surface area is 197 Å². The van der Waals surface area contributed by atoms with E-state index >= 15 is 0 Å². The largest absolute Gasteiger partial charge is 0.393 e. The monoisotopic (exact) mass is 440 g/mol. The topological polar surface area (TPSA) is 37.3 Å². The van der Waals surface area contributed by atoms with Gasteiger partial charge in [-0.2, -0.15) is 0 Å². The van der Waals surface area contributed by atoms with E-state index in [1.165, 1.54) is 37.7 Å². The number of Topliss-reactive ketones (excluding diaryl/α,β-unsaturated/α-hetero) is 1. The fourth-order valence-electron chi connectivity index (χ4n) is 11.4. The molecule has 5 rings (SSSR count). The summed E-state index contributed by atoms with van der Waals surface area (Å²) in [5.41, 5.74) is 1.73. The van der Waals surface area contributed by atoms with Crippen molar-refractivity contribution < 1.29 is 9.90 Å². The Morgan fingerprint density at radius 3 is 2.28 bits per heavy atom. The lowest BCUT2D eigenvalue weighted by atomic mass is 9.32. The molecule has 0 heterocycles. The van der Waals surface area contributed by atoms with Gasteiger partial charge in [0, 0.05) is 17.3 Å². The van der Waals surface area contributed by atoms with E-state index in [0.29, 0.717) is 35.4 Å². The van der Waals surface area contributed by atoms with Crippen LogP contribution in [0.25, 0.3) is 0 Å². The molecule has 0 unspecified atom stereocenters. The first kappa shape index (κ1) is 23.1. The van der Waals surface area contributed by atoms with E-state index in [9.17, 15) is 9.90 Å². The summed E-state index contributed by atoms with van der Waals surface area (Å²) in [7, 11) is 0. The SMILES string of the molecule is C=C(C)[C@@H]1CC[C@]2(C)C[C@H](O)[C@]3(C)[C@H](CC[C@@H]4[C@@]5(C)CCC(=O)C(C)(C)[C@@H]5CC[C@]43C)[C@@H]12. The van der Waals surface area contributed by atoms with Crippen LogP contribution in [0, 0.1) is 56.7 Å². The Morgan fingerprint density at radius 1 is 0.938 bits per heavy atom. The fraction of sp³-hybridized carbons (Fsp3) is 0.900. The lowest BCUT2D eigenvalue weighted by Gasteiger charge is -2.73. The van der Waals surface area contributed by atoms with Crippen LogP contribution in [0.4, 0.5) is 0 Å². The number of hydrogen-bond donors (Lipinski definition) is 1. The van der Waals surface area contributed by atoms with Crippen LogP contribution in [0.15, 0.2) is 12.2 Å². The van der Waals surface area contributed by atoms with Crippen molar-refractivity contribution in [2.45, 2.75) is 112 Å². The minimum Gasteiger partial charge on any atom is -0.393 e. The summed E-state index contributed by atoms with van der Waals surface area (Å²) in [5.74, 6) is 3.43. The molecule has 2 nitrogen and oxygen atoms in total. The third-order valence-corrected chi connectivity index (χ3v) is 13.2. The van der Waals surface area contributed by atoms with E-state index in [-0.39, 0.29) is 33.2 Å². The molecule has 10 atom stereocenters. The predicted octanol–water partition coefficient (Wildman–Crippen LogP) is 7.20. The van der Waals surface area contributed by atoms with Crippen LogP contribution in [0.1, 0.15) is 106 Å². The molecule has 0 aromatic carbocycles. The fourth-order valence-corrected chi connectivity index (χ4v) is 11.4. The summed E-state index contributed by atoms with van der Waals surface area (Å²) >= 11 is 0. The van der Waals surface area contributed by atoms with Gasteiger partial charge in [-0.25, -0.2) is 0 Å². The average molecular weight is 441 g/mol. The molecule has 180 valence electrons. The van der Waals surface area contributed by atoms with Crippen LogP contribution in [0.5, 0.6) is 0 Å². The molecule has 0 saturated heterocycles. The molecule has 0 aromatic rings. The molecule has 5 aliphatic rings. The summed E-state index contributed by atoms with van der Waals surface area (Å²) in [5, 5.41) is 12.0. The maximum absolute atomic E-state index is 12.9. The van der Waals surface area contributed by atoms with Crippen LogP contribution in [0.3, 0.4) is 0 Å². The van der Waals surface area contributed by atoms with Gasteiger partial charge in [0.25, 0.3) is 0 Å². The zero-order chi connectivity index (χ0) is 23.5. The van der Waals surface area contributed by atoms with Gasteiger partial charge in [0.15, 0.2) is 0 Å². The first-order valence-electron chi connectivity index (χ1n) is 13.6. The number of carbonyl (C=O) groups is 1. The summed E-state index contributed by atoms with van der Waals surface area (Å²) in [4.78, 5) is 12.9. The van der Waals surface area contributed by atoms with Gasteiger partial charge in [0.05, 0.1) is 6.10 Å². The number of aliphatic hydroxyl groups is 1. The van der Waals surface area contributed by atoms with Crippen molar-refractivity contribution in [3.05, 3.63) is 12.2 Å². The maximum atomic E-state index is 12.9. The van der Waals surface area contributed by atoms with Crippen molar-refractivity contribution >= 4 is 5.78 Å². The first-order valence-corrected chi connectivity index (χ1v) is 13.6. The van der Waals surface area contributed by atoms with Crippen molar-refractivity contribution in [3.63, 3.8) is 0 Å². The van der Waals surface area contributed by atoms with E-state index in [1.807, 2.05) is 0 Å². The number of fused-ring (bicyclic) bond motifs is 7. The normalized spacial score (nSPS) is 56.6. The van der Waals surface area contributed by atoms with Crippen LogP contribution in [0.2, 0.25) is 0 Å². The minimum atomic E-state index is -0.219. The Hall–Kier alpha value is -0.630. The third kappa shape index (κ3) is 2.55. The predicted molar refractivity (Wildman–Crippen MR) is 131 cm³/mol. The number of aliphatic hydroxyl groups excluding tert-OH is 1. The molecular formula is C30H48O2. The van der Waals surface area contributed by atoms with E-state index in [2.05, 4.69) is 55.0 Å². The van der Waals surface area contributed by atoms with Gasteiger partial charge in [-0.3, -0.25) is 4.79 Å². The molecule has 5 fully saturated rings. The van der Waals surface area contributed by atoms with E-state index in [0.717, 1.165) is 25.7 Å². The Bertz CT molecular complexity index is 842. The van der Waals surface area contributed by atoms with Gasteiger partial charge in [-0.1, -0.05) is 53.7 Å². The number of hydrogen-bond acceptors (Lipinski definition) is 2. The molecule has 5 saturated carbocycles. The summed E-state index contributed by atoms with van der Waals surface area (Å²) in [6, 6.07) is 0. The zero-order valence-electron chi connectivity index (χ0n) is 21.9. The molecule has 0 amide bonds. The van der Waals surface area contributed by atoms with Crippen LogP contribution in [-0.2, 0) is 4.79 Å². The van der Waals surface area contributed by atoms with Crippen LogP contribution < -0.4 is 0 Å². The highest BCUT2D eigenvalue weighted by Gasteiger charge is 2.72. The average Bonchev–Trinajstić information content (AvgIpc) is 3.03. The number of ketones is 1. The van der Waals surface area contributed by atoms with Crippen molar-refractivity contribution in [1.29, 1.82) is 0 Å². The molecule has 2 heteroatoms. The summed E-state index contributed by atoms with van der Waals surface area (Å²) < 4.78 is 0. The molecule has 0 spiro atoms. The highest BCUT2D eigenvalue weighted by atomic mass is 16.3. The number of allylic oxidation sites excluding steroid dienone is 1. The van der Waals surface area contributed by atoms with Gasteiger partial charge in [-0.05, 0) is 104 Å². The molecule has 0 bridgehead atoms. The quantitative estimate of drug-likeness (QED) is 0.438. The molecule has 1 N–H and O–H groups in total. The number of carbonyl (C=O) groups excluding carboxylic acids is 1. The van der Waals surface area contributed by atoms with E-state index < -0.39 is 0 Å². The van der Waals surface area contributed by atoms with Crippen LogP contribution >= 0.6 is 0 Å². The highest BCUT2D eigenvalue weighted by molar-refractivity contribution is 5.85. The third-order valence-electron chi connectivity index (χ3n) is 13.2. The van der Waals surface area contributed by atoms with Gasteiger partial charge < -0.3 is 5.11 Å². The highest BCUT2D eigenvalue weighted by Crippen LogP contribution is 2.77. The molecular weight excluding hydrogens is 392 g/mol. The standard InChI is InChI=1S/C30H48O2/c1-18(2)19-11-14-27(5)17-24(32)30(8)20(25(19)27)9-10-22-28(6)15-13-23(31)26(3,4)21(28)12-16-29(22,30)7/h19-22,24-25,32H,1,9-17H2,2-8H3/t19-,20+,21-,22+,24-,25+,27+,28-,29+,30-/m0/s1. The molecule has 0 aromatic heterocycles. The Balaban J connectivity index is 1.59. The zero-order valence-corrected chi connectivity index (χ0v) is 21.9. The molecule has 0 radical (unpaired) electrons. The van der Waals surface area contributed by atoms with Gasteiger partial charge in [-0.15, -0.1) is 0 Å². The summed E-state index contributed by atoms with van der Waals surface area (Å²) in [6.07, 6.45) is 9.86. The lowest BCUT2D eigenvalue weighted by Crippen LogP contribution is -2.69. The molecule has 32 heavy (non-hydrogen) atoms. The van der Waals surface area contributed by atoms with E-state index in [1.54, 1.807) is 0 Å². The van der Waals surface area contributed by atoms with Crippen molar-refractivity contribution in [1.82, 2.24) is 0 Å².